The van der Waals surface area contributed by atoms with E-state index < -0.39 is 5.41 Å². The molecule has 0 saturated heterocycles. The fourth-order valence-electron chi connectivity index (χ4n) is 6.16. The Morgan fingerprint density at radius 2 is 1.81 bits per heavy atom. The molecule has 4 aliphatic carbocycles. The minimum Gasteiger partial charge on any atom is -0.457 e. The highest BCUT2D eigenvalue weighted by Crippen LogP contribution is 2.64. The van der Waals surface area contributed by atoms with E-state index in [1.807, 2.05) is 19.1 Å². The van der Waals surface area contributed by atoms with Crippen LogP contribution in [0.25, 0.3) is 0 Å². The molecule has 146 valence electrons. The number of carbonyl (C=O) groups is 2. The monoisotopic (exact) mass is 388 g/mol. The normalized spacial score (nSPS) is 33.9. The molecule has 3 nitrogen and oxygen atoms in total. The van der Waals surface area contributed by atoms with E-state index in [2.05, 4.69) is 13.0 Å². The number of rotatable bonds is 6. The quantitative estimate of drug-likeness (QED) is 0.386. The number of hydrogen-bond donors (Lipinski definition) is 0. The minimum atomic E-state index is -0.453. The molecule has 2 unspecified atom stereocenters. The fourth-order valence-corrected chi connectivity index (χ4v) is 6.86. The zero-order valence-electron chi connectivity index (χ0n) is 16.4. The number of benzene rings is 1. The van der Waals surface area contributed by atoms with Crippen LogP contribution in [0.1, 0.15) is 73.9 Å². The van der Waals surface area contributed by atoms with Crippen LogP contribution in [0.4, 0.5) is 0 Å². The van der Waals surface area contributed by atoms with Crippen molar-refractivity contribution in [2.24, 2.45) is 17.3 Å². The standard InChI is InChI=1S/C23H29ClO3/c1-3-15-5-6-18(4-2)19(8-15)20(25)13-27-21(26)22-9-16-7-17(10-22)12-23(24,11-16)14-22/h5-6,8,16-17H,3-4,7,9-14H2,1-2H3/t16-,17+,22?,23?. The number of alkyl halides is 1. The van der Waals surface area contributed by atoms with Gasteiger partial charge in [0.2, 0.25) is 5.78 Å². The van der Waals surface area contributed by atoms with E-state index in [1.165, 1.54) is 6.42 Å². The molecule has 0 aliphatic heterocycles. The van der Waals surface area contributed by atoms with E-state index in [1.54, 1.807) is 0 Å². The van der Waals surface area contributed by atoms with Crippen molar-refractivity contribution in [3.05, 3.63) is 34.9 Å². The molecule has 0 amide bonds. The van der Waals surface area contributed by atoms with E-state index in [0.717, 1.165) is 49.7 Å². The van der Waals surface area contributed by atoms with Crippen LogP contribution >= 0.6 is 11.6 Å². The molecule has 0 heterocycles. The van der Waals surface area contributed by atoms with Gasteiger partial charge in [0.25, 0.3) is 0 Å². The molecule has 4 aliphatic rings. The molecule has 0 aromatic heterocycles. The predicted octanol–water partition coefficient (Wildman–Crippen LogP) is 5.12. The van der Waals surface area contributed by atoms with Crippen molar-refractivity contribution in [1.82, 2.24) is 0 Å². The maximum atomic E-state index is 13.0. The third-order valence-corrected chi connectivity index (χ3v) is 7.46. The van der Waals surface area contributed by atoms with E-state index in [9.17, 15) is 9.59 Å². The van der Waals surface area contributed by atoms with Crippen molar-refractivity contribution < 1.29 is 14.3 Å². The lowest BCUT2D eigenvalue weighted by Crippen LogP contribution is -2.56. The van der Waals surface area contributed by atoms with Gasteiger partial charge in [-0.25, -0.2) is 0 Å². The van der Waals surface area contributed by atoms with Crippen molar-refractivity contribution in [2.75, 3.05) is 6.61 Å². The molecule has 0 N–H and O–H groups in total. The van der Waals surface area contributed by atoms with Crippen LogP contribution in [-0.4, -0.2) is 23.2 Å². The lowest BCUT2D eigenvalue weighted by Gasteiger charge is -2.58. The first-order valence-corrected chi connectivity index (χ1v) is 10.8. The summed E-state index contributed by atoms with van der Waals surface area (Å²) >= 11 is 6.82. The average molecular weight is 389 g/mol. The Balaban J connectivity index is 1.46. The molecule has 4 fully saturated rings. The molecular weight excluding hydrogens is 360 g/mol. The topological polar surface area (TPSA) is 43.4 Å². The Kier molecular flexibility index (Phi) is 4.86. The van der Waals surface area contributed by atoms with E-state index in [0.29, 0.717) is 23.8 Å². The number of hydrogen-bond acceptors (Lipinski definition) is 3. The summed E-state index contributed by atoms with van der Waals surface area (Å²) in [5, 5.41) is 0. The maximum Gasteiger partial charge on any atom is 0.312 e. The number of aryl methyl sites for hydroxylation is 2. The molecule has 4 heteroatoms. The summed E-state index contributed by atoms with van der Waals surface area (Å²) in [5.41, 5.74) is 2.39. The summed E-state index contributed by atoms with van der Waals surface area (Å²) in [5.74, 6) is 0.792. The number of ether oxygens (including phenoxy) is 1. The molecule has 1 aromatic carbocycles. The molecule has 5 rings (SSSR count). The van der Waals surface area contributed by atoms with Gasteiger partial charge in [0.05, 0.1) is 5.41 Å². The Morgan fingerprint density at radius 3 is 2.41 bits per heavy atom. The number of carbonyl (C=O) groups excluding carboxylic acids is 2. The molecule has 4 atom stereocenters. The lowest BCUT2D eigenvalue weighted by atomic mass is 9.49. The maximum absolute atomic E-state index is 13.0. The minimum absolute atomic E-state index is 0.0965. The number of ketones is 1. The first-order chi connectivity index (χ1) is 12.9. The second-order valence-electron chi connectivity index (χ2n) is 9.09. The van der Waals surface area contributed by atoms with Gasteiger partial charge in [-0.1, -0.05) is 26.0 Å². The zero-order valence-corrected chi connectivity index (χ0v) is 17.1. The number of halogens is 1. The average Bonchev–Trinajstić information content (AvgIpc) is 2.63. The van der Waals surface area contributed by atoms with E-state index in [4.69, 9.17) is 16.3 Å². The van der Waals surface area contributed by atoms with Crippen LogP contribution in [0.2, 0.25) is 0 Å². The van der Waals surface area contributed by atoms with Gasteiger partial charge in [-0.3, -0.25) is 9.59 Å². The Hall–Kier alpha value is -1.35. The highest BCUT2D eigenvalue weighted by atomic mass is 35.5. The van der Waals surface area contributed by atoms with Crippen molar-refractivity contribution >= 4 is 23.4 Å². The van der Waals surface area contributed by atoms with Crippen LogP contribution < -0.4 is 0 Å². The van der Waals surface area contributed by atoms with Crippen molar-refractivity contribution in [3.63, 3.8) is 0 Å². The Morgan fingerprint density at radius 1 is 1.11 bits per heavy atom. The second-order valence-corrected chi connectivity index (χ2v) is 9.89. The summed E-state index contributed by atoms with van der Waals surface area (Å²) in [7, 11) is 0. The van der Waals surface area contributed by atoms with Crippen LogP contribution in [-0.2, 0) is 22.4 Å². The molecule has 0 spiro atoms. The fraction of sp³-hybridized carbons (Fsp3) is 0.652. The van der Waals surface area contributed by atoms with Gasteiger partial charge in [-0.05, 0) is 80.4 Å². The Labute approximate surface area is 166 Å². The summed E-state index contributed by atoms with van der Waals surface area (Å²) in [6.45, 7) is 3.95. The first kappa shape index (κ1) is 19.0. The van der Waals surface area contributed by atoms with Gasteiger partial charge in [0.1, 0.15) is 0 Å². The van der Waals surface area contributed by atoms with E-state index >= 15 is 0 Å². The lowest BCUT2D eigenvalue weighted by molar-refractivity contribution is -0.168. The third kappa shape index (κ3) is 3.44. The molecule has 4 bridgehead atoms. The summed E-state index contributed by atoms with van der Waals surface area (Å²) in [4.78, 5) is 25.6. The predicted molar refractivity (Wildman–Crippen MR) is 106 cm³/mol. The summed E-state index contributed by atoms with van der Waals surface area (Å²) in [6, 6.07) is 6.04. The van der Waals surface area contributed by atoms with Gasteiger partial charge < -0.3 is 4.74 Å². The summed E-state index contributed by atoms with van der Waals surface area (Å²) < 4.78 is 5.61. The van der Waals surface area contributed by atoms with Crippen LogP contribution in [0.3, 0.4) is 0 Å². The molecule has 1 aromatic rings. The largest absolute Gasteiger partial charge is 0.457 e. The van der Waals surface area contributed by atoms with Gasteiger partial charge in [-0.15, -0.1) is 11.6 Å². The van der Waals surface area contributed by atoms with Gasteiger partial charge >= 0.3 is 5.97 Å². The second kappa shape index (κ2) is 6.92. The summed E-state index contributed by atoms with van der Waals surface area (Å²) in [6.07, 6.45) is 7.42. The number of esters is 1. The van der Waals surface area contributed by atoms with E-state index in [-0.39, 0.29) is 23.2 Å². The van der Waals surface area contributed by atoms with Gasteiger partial charge in [0.15, 0.2) is 6.61 Å². The molecular formula is C23H29ClO3. The highest BCUT2D eigenvalue weighted by Gasteiger charge is 2.60. The Bertz CT molecular complexity index is 755. The van der Waals surface area contributed by atoms with Crippen molar-refractivity contribution in [1.29, 1.82) is 0 Å². The highest BCUT2D eigenvalue weighted by molar-refractivity contribution is 6.24. The molecule has 4 saturated carbocycles. The zero-order chi connectivity index (χ0) is 19.2. The smallest absolute Gasteiger partial charge is 0.312 e. The van der Waals surface area contributed by atoms with Crippen molar-refractivity contribution in [3.8, 4) is 0 Å². The van der Waals surface area contributed by atoms with Gasteiger partial charge in [-0.2, -0.15) is 0 Å². The molecule has 0 radical (unpaired) electrons. The first-order valence-electron chi connectivity index (χ1n) is 10.4. The van der Waals surface area contributed by atoms with Crippen molar-refractivity contribution in [2.45, 2.75) is 70.1 Å². The SMILES string of the molecule is CCc1ccc(CC)c(C(=O)COC(=O)C23C[C@@H]4C[C@@H](CC(Cl)(C4)C2)C3)c1. The van der Waals surface area contributed by atoms with Crippen LogP contribution in [0.5, 0.6) is 0 Å². The van der Waals surface area contributed by atoms with Crippen LogP contribution in [0.15, 0.2) is 18.2 Å². The third-order valence-electron chi connectivity index (χ3n) is 7.02. The molecule has 27 heavy (non-hydrogen) atoms. The number of Topliss-reactive ketones (excluding diaryl/α,β-unsaturated/α-hetero) is 1. The van der Waals surface area contributed by atoms with Crippen LogP contribution in [0, 0.1) is 17.3 Å². The van der Waals surface area contributed by atoms with Gasteiger partial charge in [0, 0.05) is 10.4 Å².